The van der Waals surface area contributed by atoms with Crippen LogP contribution < -0.4 is 16.0 Å². The predicted octanol–water partition coefficient (Wildman–Crippen LogP) is 4.77. The van der Waals surface area contributed by atoms with E-state index in [4.69, 9.17) is 10.5 Å². The van der Waals surface area contributed by atoms with Crippen molar-refractivity contribution in [2.45, 2.75) is 65.2 Å². The monoisotopic (exact) mass is 415 g/mol. The Morgan fingerprint density at radius 2 is 1.63 bits per heavy atom. The van der Waals surface area contributed by atoms with Crippen molar-refractivity contribution in [1.82, 2.24) is 9.47 Å². The zero-order valence-electron chi connectivity index (χ0n) is 18.6. The first kappa shape index (κ1) is 23.9. The van der Waals surface area contributed by atoms with Gasteiger partial charge in [0.25, 0.3) is 5.56 Å². The van der Waals surface area contributed by atoms with Crippen LogP contribution in [0.1, 0.15) is 65.2 Å². The second-order valence-electron chi connectivity index (χ2n) is 7.76. The number of nitrogens with zero attached hydrogens (tertiary/aromatic N) is 2. The van der Waals surface area contributed by atoms with E-state index in [1.807, 2.05) is 17.0 Å². The van der Waals surface area contributed by atoms with E-state index in [0.29, 0.717) is 37.5 Å². The fraction of sp³-hybridized carbons (Fsp3) is 0.583. The summed E-state index contributed by atoms with van der Waals surface area (Å²) in [7, 11) is 0. The molecular formula is C24H37N3O3. The molecule has 0 aliphatic carbocycles. The normalized spacial score (nSPS) is 11.0. The Morgan fingerprint density at radius 3 is 2.27 bits per heavy atom. The van der Waals surface area contributed by atoms with Crippen LogP contribution in [0.5, 0.6) is 5.75 Å². The van der Waals surface area contributed by atoms with Gasteiger partial charge in [0.2, 0.25) is 0 Å². The zero-order valence-corrected chi connectivity index (χ0v) is 18.6. The number of benzene rings is 1. The van der Waals surface area contributed by atoms with Gasteiger partial charge in [0.15, 0.2) is 0 Å². The number of hydrogen-bond donors (Lipinski definition) is 1. The smallest absolute Gasteiger partial charge is 0.331 e. The van der Waals surface area contributed by atoms with Gasteiger partial charge in [-0.05, 0) is 55.8 Å². The van der Waals surface area contributed by atoms with Gasteiger partial charge in [-0.25, -0.2) is 9.36 Å². The highest BCUT2D eigenvalue weighted by molar-refractivity contribution is 5.91. The van der Waals surface area contributed by atoms with E-state index in [1.165, 1.54) is 10.6 Å². The van der Waals surface area contributed by atoms with Gasteiger partial charge in [-0.2, -0.15) is 0 Å². The van der Waals surface area contributed by atoms with Crippen molar-refractivity contribution in [3.05, 3.63) is 40.7 Å². The van der Waals surface area contributed by atoms with Gasteiger partial charge in [0.05, 0.1) is 12.1 Å². The minimum absolute atomic E-state index is 0.238. The zero-order chi connectivity index (χ0) is 21.8. The van der Waals surface area contributed by atoms with Crippen LogP contribution in [0.25, 0.3) is 10.9 Å². The van der Waals surface area contributed by atoms with Crippen LogP contribution in [0.3, 0.4) is 0 Å². The van der Waals surface area contributed by atoms with Crippen molar-refractivity contribution in [2.75, 3.05) is 26.2 Å². The number of carbonyl (C=O) groups is 1. The summed E-state index contributed by atoms with van der Waals surface area (Å²) in [5, 5.41) is 0.847. The highest BCUT2D eigenvalue weighted by Crippen LogP contribution is 2.21. The molecule has 1 amide bonds. The van der Waals surface area contributed by atoms with E-state index >= 15 is 0 Å². The van der Waals surface area contributed by atoms with Gasteiger partial charge in [-0.15, -0.1) is 0 Å². The molecule has 0 unspecified atom stereocenters. The van der Waals surface area contributed by atoms with Gasteiger partial charge in [-0.1, -0.05) is 39.5 Å². The Labute approximate surface area is 180 Å². The second kappa shape index (κ2) is 13.1. The molecule has 0 saturated carbocycles. The van der Waals surface area contributed by atoms with Gasteiger partial charge >= 0.3 is 6.03 Å². The number of amides is 1. The molecule has 0 spiro atoms. The predicted molar refractivity (Wildman–Crippen MR) is 123 cm³/mol. The number of unbranched alkanes of at least 4 members (excludes halogenated alkanes) is 5. The van der Waals surface area contributed by atoms with Crippen molar-refractivity contribution in [3.63, 3.8) is 0 Å². The molecule has 0 aliphatic rings. The third-order valence-corrected chi connectivity index (χ3v) is 5.26. The van der Waals surface area contributed by atoms with Crippen molar-refractivity contribution in [1.29, 1.82) is 0 Å². The number of carbonyl (C=O) groups excluding carboxylic acids is 1. The van der Waals surface area contributed by atoms with E-state index in [-0.39, 0.29) is 11.6 Å². The lowest BCUT2D eigenvalue weighted by Gasteiger charge is -2.24. The summed E-state index contributed by atoms with van der Waals surface area (Å²) in [6, 6.07) is 8.57. The first-order valence-electron chi connectivity index (χ1n) is 11.4. The minimum atomic E-state index is -0.302. The highest BCUT2D eigenvalue weighted by atomic mass is 16.5. The summed E-state index contributed by atoms with van der Waals surface area (Å²) < 4.78 is 7.12. The molecular weight excluding hydrogens is 378 g/mol. The molecule has 6 heteroatoms. The van der Waals surface area contributed by atoms with Crippen LogP contribution in [-0.2, 0) is 0 Å². The van der Waals surface area contributed by atoms with Crippen molar-refractivity contribution < 1.29 is 9.53 Å². The van der Waals surface area contributed by atoms with E-state index in [2.05, 4.69) is 13.8 Å². The van der Waals surface area contributed by atoms with Crippen molar-refractivity contribution >= 4 is 16.9 Å². The van der Waals surface area contributed by atoms with E-state index < -0.39 is 0 Å². The standard InChI is InChI=1S/C24H37N3O3/c1-3-5-8-16-26(17-9-6-4-2)24(29)27-22-19-21(30-18-10-7-15-25)13-11-20(22)12-14-23(27)28/h11-14,19H,3-10,15-18,25H2,1-2H3. The third-order valence-electron chi connectivity index (χ3n) is 5.26. The van der Waals surface area contributed by atoms with E-state index in [9.17, 15) is 9.59 Å². The van der Waals surface area contributed by atoms with Crippen molar-refractivity contribution in [3.8, 4) is 5.75 Å². The first-order chi connectivity index (χ1) is 14.6. The Morgan fingerprint density at radius 1 is 0.967 bits per heavy atom. The molecule has 0 aliphatic heterocycles. The van der Waals surface area contributed by atoms with Crippen LogP contribution >= 0.6 is 0 Å². The van der Waals surface area contributed by atoms with Gasteiger partial charge < -0.3 is 15.4 Å². The molecule has 6 nitrogen and oxygen atoms in total. The van der Waals surface area contributed by atoms with E-state index in [0.717, 1.165) is 56.8 Å². The molecule has 2 rings (SSSR count). The number of ether oxygens (including phenoxy) is 1. The van der Waals surface area contributed by atoms with Gasteiger partial charge in [0, 0.05) is 25.2 Å². The van der Waals surface area contributed by atoms with Gasteiger partial charge in [-0.3, -0.25) is 4.79 Å². The number of hydrogen-bond acceptors (Lipinski definition) is 4. The third kappa shape index (κ3) is 6.87. The molecule has 0 radical (unpaired) electrons. The molecule has 2 N–H and O–H groups in total. The average molecular weight is 416 g/mol. The Hall–Kier alpha value is -2.34. The Kier molecular flexibility index (Phi) is 10.4. The highest BCUT2D eigenvalue weighted by Gasteiger charge is 2.19. The average Bonchev–Trinajstić information content (AvgIpc) is 2.75. The van der Waals surface area contributed by atoms with Crippen LogP contribution in [0.2, 0.25) is 0 Å². The summed E-state index contributed by atoms with van der Waals surface area (Å²) in [6.07, 6.45) is 8.00. The molecule has 0 bridgehead atoms. The summed E-state index contributed by atoms with van der Waals surface area (Å²) in [6.45, 7) is 6.85. The first-order valence-corrected chi connectivity index (χ1v) is 11.4. The quantitative estimate of drug-likeness (QED) is 0.478. The Bertz CT molecular complexity index is 837. The molecule has 0 atom stereocenters. The largest absolute Gasteiger partial charge is 0.494 e. The van der Waals surface area contributed by atoms with Crippen LogP contribution in [0, 0.1) is 0 Å². The summed E-state index contributed by atoms with van der Waals surface area (Å²) in [5.74, 6) is 0.662. The lowest BCUT2D eigenvalue weighted by atomic mass is 10.2. The second-order valence-corrected chi connectivity index (χ2v) is 7.76. The molecule has 30 heavy (non-hydrogen) atoms. The number of pyridine rings is 1. The fourth-order valence-electron chi connectivity index (χ4n) is 3.49. The number of fused-ring (bicyclic) bond motifs is 1. The summed E-state index contributed by atoms with van der Waals surface area (Å²) in [4.78, 5) is 28.0. The molecule has 2 aromatic rings. The topological polar surface area (TPSA) is 77.6 Å². The lowest BCUT2D eigenvalue weighted by Crippen LogP contribution is -2.41. The van der Waals surface area contributed by atoms with Gasteiger partial charge in [0.1, 0.15) is 5.75 Å². The molecule has 0 fully saturated rings. The van der Waals surface area contributed by atoms with Crippen molar-refractivity contribution in [2.24, 2.45) is 5.73 Å². The summed E-state index contributed by atoms with van der Waals surface area (Å²) in [5.41, 5.74) is 5.83. The molecule has 1 aromatic carbocycles. The lowest BCUT2D eigenvalue weighted by molar-refractivity contribution is 0.197. The maximum absolute atomic E-state index is 13.4. The molecule has 1 aromatic heterocycles. The maximum atomic E-state index is 13.4. The fourth-order valence-corrected chi connectivity index (χ4v) is 3.49. The molecule has 0 saturated heterocycles. The Balaban J connectivity index is 2.31. The van der Waals surface area contributed by atoms with Crippen LogP contribution in [0.15, 0.2) is 35.1 Å². The SMILES string of the molecule is CCCCCN(CCCCC)C(=O)n1c(=O)ccc2ccc(OCCCCN)cc21. The number of rotatable bonds is 13. The summed E-state index contributed by atoms with van der Waals surface area (Å²) >= 11 is 0. The number of nitrogens with two attached hydrogens (primary N) is 1. The number of aromatic nitrogens is 1. The minimum Gasteiger partial charge on any atom is -0.494 e. The van der Waals surface area contributed by atoms with E-state index in [1.54, 1.807) is 12.1 Å². The maximum Gasteiger partial charge on any atom is 0.331 e. The van der Waals surface area contributed by atoms with Crippen LogP contribution in [0.4, 0.5) is 4.79 Å². The molecule has 1 heterocycles. The van der Waals surface area contributed by atoms with Crippen LogP contribution in [-0.4, -0.2) is 41.7 Å². The molecule has 166 valence electrons.